The highest BCUT2D eigenvalue weighted by molar-refractivity contribution is 6.30. The van der Waals surface area contributed by atoms with Gasteiger partial charge in [0.25, 0.3) is 0 Å². The standard InChI is InChI=1S/C17H21ClN2O/c1-11-4-6-15(12(2)8-11)16(20-19)10-13-9-14(18)5-7-17(13)21-3/h4-9,16,20H,10,19H2,1-3H3. The van der Waals surface area contributed by atoms with Crippen LogP contribution in [0.3, 0.4) is 0 Å². The van der Waals surface area contributed by atoms with Crippen molar-refractivity contribution in [2.75, 3.05) is 7.11 Å². The summed E-state index contributed by atoms with van der Waals surface area (Å²) in [7, 11) is 1.66. The van der Waals surface area contributed by atoms with Gasteiger partial charge in [0.15, 0.2) is 0 Å². The molecule has 0 aromatic heterocycles. The Morgan fingerprint density at radius 2 is 1.95 bits per heavy atom. The van der Waals surface area contributed by atoms with E-state index in [9.17, 15) is 0 Å². The molecule has 3 N–H and O–H groups in total. The van der Waals surface area contributed by atoms with Gasteiger partial charge in [-0.2, -0.15) is 0 Å². The monoisotopic (exact) mass is 304 g/mol. The van der Waals surface area contributed by atoms with Crippen LogP contribution in [0.25, 0.3) is 0 Å². The summed E-state index contributed by atoms with van der Waals surface area (Å²) < 4.78 is 5.40. The summed E-state index contributed by atoms with van der Waals surface area (Å²) in [5.74, 6) is 6.59. The average molecular weight is 305 g/mol. The normalized spacial score (nSPS) is 12.2. The first kappa shape index (κ1) is 15.8. The highest BCUT2D eigenvalue weighted by atomic mass is 35.5. The Bertz CT molecular complexity index is 628. The van der Waals surface area contributed by atoms with Crippen molar-refractivity contribution < 1.29 is 4.74 Å². The van der Waals surface area contributed by atoms with Gasteiger partial charge in [-0.15, -0.1) is 0 Å². The van der Waals surface area contributed by atoms with Crippen LogP contribution in [0.2, 0.25) is 5.02 Å². The van der Waals surface area contributed by atoms with Gasteiger partial charge in [-0.3, -0.25) is 11.3 Å². The maximum atomic E-state index is 6.09. The summed E-state index contributed by atoms with van der Waals surface area (Å²) in [6, 6.07) is 12.0. The summed E-state index contributed by atoms with van der Waals surface area (Å²) in [5.41, 5.74) is 7.58. The van der Waals surface area contributed by atoms with Gasteiger partial charge < -0.3 is 4.74 Å². The Hall–Kier alpha value is -1.55. The van der Waals surface area contributed by atoms with E-state index in [1.54, 1.807) is 7.11 Å². The Morgan fingerprint density at radius 3 is 2.57 bits per heavy atom. The zero-order chi connectivity index (χ0) is 15.4. The number of aryl methyl sites for hydroxylation is 2. The zero-order valence-corrected chi connectivity index (χ0v) is 13.4. The highest BCUT2D eigenvalue weighted by Crippen LogP contribution is 2.29. The summed E-state index contributed by atoms with van der Waals surface area (Å²) in [5, 5.41) is 0.696. The van der Waals surface area contributed by atoms with Gasteiger partial charge in [-0.25, -0.2) is 0 Å². The molecule has 0 aliphatic rings. The molecular weight excluding hydrogens is 284 g/mol. The van der Waals surface area contributed by atoms with E-state index in [1.165, 1.54) is 16.7 Å². The lowest BCUT2D eigenvalue weighted by atomic mass is 9.94. The van der Waals surface area contributed by atoms with Crippen LogP contribution >= 0.6 is 11.6 Å². The van der Waals surface area contributed by atoms with Crippen molar-refractivity contribution in [1.29, 1.82) is 0 Å². The van der Waals surface area contributed by atoms with Crippen LogP contribution in [0, 0.1) is 13.8 Å². The Kier molecular flexibility index (Phi) is 5.23. The number of rotatable bonds is 5. The van der Waals surface area contributed by atoms with Gasteiger partial charge in [0.05, 0.1) is 13.2 Å². The number of ether oxygens (including phenoxy) is 1. The number of nitrogens with one attached hydrogen (secondary N) is 1. The zero-order valence-electron chi connectivity index (χ0n) is 12.6. The van der Waals surface area contributed by atoms with Crippen molar-refractivity contribution in [3.8, 4) is 5.75 Å². The molecular formula is C17H21ClN2O. The number of hydrazine groups is 1. The fourth-order valence-corrected chi connectivity index (χ4v) is 2.80. The van der Waals surface area contributed by atoms with Crippen molar-refractivity contribution >= 4 is 11.6 Å². The molecule has 0 bridgehead atoms. The minimum absolute atomic E-state index is 0.0120. The van der Waals surface area contributed by atoms with Crippen molar-refractivity contribution in [3.63, 3.8) is 0 Å². The van der Waals surface area contributed by atoms with Crippen LogP contribution in [0.15, 0.2) is 36.4 Å². The summed E-state index contributed by atoms with van der Waals surface area (Å²) in [6.07, 6.45) is 0.712. The van der Waals surface area contributed by atoms with E-state index in [4.69, 9.17) is 22.2 Å². The molecule has 1 unspecified atom stereocenters. The molecule has 0 aliphatic heterocycles. The number of halogens is 1. The second-order valence-corrected chi connectivity index (χ2v) is 5.68. The molecule has 2 rings (SSSR count). The lowest BCUT2D eigenvalue weighted by Gasteiger charge is -2.20. The van der Waals surface area contributed by atoms with Gasteiger partial charge >= 0.3 is 0 Å². The molecule has 2 aromatic carbocycles. The molecule has 0 saturated heterocycles. The van der Waals surface area contributed by atoms with E-state index in [0.717, 1.165) is 11.3 Å². The van der Waals surface area contributed by atoms with Crippen LogP contribution in [0.1, 0.15) is 28.3 Å². The molecule has 3 nitrogen and oxygen atoms in total. The minimum Gasteiger partial charge on any atom is -0.496 e. The third-order valence-corrected chi connectivity index (χ3v) is 3.90. The molecule has 0 radical (unpaired) electrons. The van der Waals surface area contributed by atoms with E-state index in [2.05, 4.69) is 37.5 Å². The fourth-order valence-electron chi connectivity index (χ4n) is 2.60. The predicted octanol–water partition coefficient (Wildman–Crippen LogP) is 3.71. The molecule has 0 aliphatic carbocycles. The van der Waals surface area contributed by atoms with Crippen molar-refractivity contribution in [1.82, 2.24) is 5.43 Å². The maximum Gasteiger partial charge on any atom is 0.122 e. The second-order valence-electron chi connectivity index (χ2n) is 5.24. The Labute approximate surface area is 131 Å². The number of hydrogen-bond donors (Lipinski definition) is 2. The predicted molar refractivity (Wildman–Crippen MR) is 87.7 cm³/mol. The first-order chi connectivity index (χ1) is 10.0. The minimum atomic E-state index is 0.0120. The average Bonchev–Trinajstić information content (AvgIpc) is 2.45. The van der Waals surface area contributed by atoms with Gasteiger partial charge in [0.2, 0.25) is 0 Å². The first-order valence-electron chi connectivity index (χ1n) is 6.91. The molecule has 0 saturated carbocycles. The molecule has 0 heterocycles. The van der Waals surface area contributed by atoms with E-state index in [1.807, 2.05) is 18.2 Å². The molecule has 0 spiro atoms. The van der Waals surface area contributed by atoms with Crippen LogP contribution < -0.4 is 16.0 Å². The number of methoxy groups -OCH3 is 1. The van der Waals surface area contributed by atoms with Gasteiger partial charge in [-0.05, 0) is 55.2 Å². The quantitative estimate of drug-likeness (QED) is 0.654. The Balaban J connectivity index is 2.33. The third kappa shape index (κ3) is 3.76. The fraction of sp³-hybridized carbons (Fsp3) is 0.294. The van der Waals surface area contributed by atoms with E-state index >= 15 is 0 Å². The first-order valence-corrected chi connectivity index (χ1v) is 7.28. The SMILES string of the molecule is COc1ccc(Cl)cc1CC(NN)c1ccc(C)cc1C. The molecule has 0 amide bonds. The third-order valence-electron chi connectivity index (χ3n) is 3.67. The van der Waals surface area contributed by atoms with E-state index < -0.39 is 0 Å². The molecule has 112 valence electrons. The molecule has 4 heteroatoms. The van der Waals surface area contributed by atoms with Gasteiger partial charge in [-0.1, -0.05) is 35.4 Å². The van der Waals surface area contributed by atoms with Crippen LogP contribution in [0.5, 0.6) is 5.75 Å². The van der Waals surface area contributed by atoms with Gasteiger partial charge in [0.1, 0.15) is 5.75 Å². The summed E-state index contributed by atoms with van der Waals surface area (Å²) in [6.45, 7) is 4.18. The van der Waals surface area contributed by atoms with Crippen molar-refractivity contribution in [3.05, 3.63) is 63.7 Å². The molecule has 21 heavy (non-hydrogen) atoms. The lowest BCUT2D eigenvalue weighted by Crippen LogP contribution is -2.30. The maximum absolute atomic E-state index is 6.09. The summed E-state index contributed by atoms with van der Waals surface area (Å²) >= 11 is 6.09. The Morgan fingerprint density at radius 1 is 1.19 bits per heavy atom. The van der Waals surface area contributed by atoms with Crippen molar-refractivity contribution in [2.45, 2.75) is 26.3 Å². The van der Waals surface area contributed by atoms with Crippen LogP contribution in [-0.2, 0) is 6.42 Å². The molecule has 1 atom stereocenters. The van der Waals surface area contributed by atoms with Crippen LogP contribution in [-0.4, -0.2) is 7.11 Å². The van der Waals surface area contributed by atoms with Gasteiger partial charge in [0, 0.05) is 5.02 Å². The summed E-state index contributed by atoms with van der Waals surface area (Å²) in [4.78, 5) is 0. The lowest BCUT2D eigenvalue weighted by molar-refractivity contribution is 0.405. The number of hydrogen-bond acceptors (Lipinski definition) is 3. The molecule has 2 aromatic rings. The highest BCUT2D eigenvalue weighted by Gasteiger charge is 2.16. The number of nitrogens with two attached hydrogens (primary N) is 1. The second kappa shape index (κ2) is 6.94. The van der Waals surface area contributed by atoms with E-state index in [-0.39, 0.29) is 6.04 Å². The van der Waals surface area contributed by atoms with Crippen LogP contribution in [0.4, 0.5) is 0 Å². The topological polar surface area (TPSA) is 47.3 Å². The van der Waals surface area contributed by atoms with Crippen molar-refractivity contribution in [2.24, 2.45) is 5.84 Å². The smallest absolute Gasteiger partial charge is 0.122 e. The molecule has 0 fully saturated rings. The largest absolute Gasteiger partial charge is 0.496 e. The van der Waals surface area contributed by atoms with E-state index in [0.29, 0.717) is 11.4 Å². The number of benzene rings is 2.